The maximum atomic E-state index is 6.07. The van der Waals surface area contributed by atoms with E-state index in [2.05, 4.69) is 10.2 Å². The van der Waals surface area contributed by atoms with Gasteiger partial charge in [0.15, 0.2) is 0 Å². The quantitative estimate of drug-likeness (QED) is 0.840. The SMILES string of the molecule is C1CNCC(CN2CCCC(OCC3CC3)C2)C1.Cl. The molecule has 2 unspecified atom stereocenters. The van der Waals surface area contributed by atoms with Gasteiger partial charge in [-0.2, -0.15) is 0 Å². The fourth-order valence-electron chi connectivity index (χ4n) is 3.32. The fraction of sp³-hybridized carbons (Fsp3) is 1.00. The summed E-state index contributed by atoms with van der Waals surface area (Å²) in [5.41, 5.74) is 0. The molecule has 0 spiro atoms. The van der Waals surface area contributed by atoms with E-state index >= 15 is 0 Å². The van der Waals surface area contributed by atoms with Crippen molar-refractivity contribution in [2.45, 2.75) is 44.6 Å². The van der Waals surface area contributed by atoms with E-state index in [9.17, 15) is 0 Å². The zero-order valence-electron chi connectivity index (χ0n) is 12.0. The molecule has 0 bridgehead atoms. The van der Waals surface area contributed by atoms with Gasteiger partial charge in [-0.05, 0) is 70.0 Å². The molecule has 2 atom stereocenters. The number of rotatable bonds is 5. The summed E-state index contributed by atoms with van der Waals surface area (Å²) in [6.45, 7) is 7.25. The van der Waals surface area contributed by atoms with Gasteiger partial charge in [0, 0.05) is 19.7 Å². The van der Waals surface area contributed by atoms with Crippen molar-refractivity contribution in [1.29, 1.82) is 0 Å². The summed E-state index contributed by atoms with van der Waals surface area (Å²) in [6.07, 6.45) is 8.73. The van der Waals surface area contributed by atoms with E-state index in [0.29, 0.717) is 6.10 Å². The maximum absolute atomic E-state index is 6.07. The summed E-state index contributed by atoms with van der Waals surface area (Å²) in [5.74, 6) is 1.78. The highest BCUT2D eigenvalue weighted by Gasteiger charge is 2.27. The fourth-order valence-corrected chi connectivity index (χ4v) is 3.32. The molecule has 4 heteroatoms. The summed E-state index contributed by atoms with van der Waals surface area (Å²) in [5, 5.41) is 3.53. The average molecular weight is 289 g/mol. The molecule has 19 heavy (non-hydrogen) atoms. The summed E-state index contributed by atoms with van der Waals surface area (Å²) in [4.78, 5) is 2.65. The number of hydrogen-bond acceptors (Lipinski definition) is 3. The first-order chi connectivity index (χ1) is 8.90. The molecule has 0 aromatic carbocycles. The molecule has 112 valence electrons. The maximum Gasteiger partial charge on any atom is 0.0702 e. The first-order valence-corrected chi connectivity index (χ1v) is 7.95. The molecule has 0 aromatic heterocycles. The van der Waals surface area contributed by atoms with Gasteiger partial charge in [0.25, 0.3) is 0 Å². The molecule has 2 aliphatic heterocycles. The van der Waals surface area contributed by atoms with Crippen molar-refractivity contribution >= 4 is 12.4 Å². The van der Waals surface area contributed by atoms with Crippen molar-refractivity contribution in [1.82, 2.24) is 10.2 Å². The number of hydrogen-bond donors (Lipinski definition) is 1. The lowest BCUT2D eigenvalue weighted by molar-refractivity contribution is -0.00949. The van der Waals surface area contributed by atoms with Gasteiger partial charge < -0.3 is 15.0 Å². The first-order valence-electron chi connectivity index (χ1n) is 7.95. The number of nitrogens with one attached hydrogen (secondary N) is 1. The van der Waals surface area contributed by atoms with E-state index in [1.165, 1.54) is 71.2 Å². The Morgan fingerprint density at radius 3 is 2.68 bits per heavy atom. The van der Waals surface area contributed by atoms with E-state index in [0.717, 1.165) is 18.4 Å². The summed E-state index contributed by atoms with van der Waals surface area (Å²) < 4.78 is 6.07. The van der Waals surface area contributed by atoms with Gasteiger partial charge in [0.1, 0.15) is 0 Å². The van der Waals surface area contributed by atoms with Crippen LogP contribution in [0.5, 0.6) is 0 Å². The van der Waals surface area contributed by atoms with Gasteiger partial charge >= 0.3 is 0 Å². The molecule has 3 rings (SSSR count). The van der Waals surface area contributed by atoms with Crippen molar-refractivity contribution < 1.29 is 4.74 Å². The van der Waals surface area contributed by atoms with E-state index < -0.39 is 0 Å². The molecule has 0 radical (unpaired) electrons. The third kappa shape index (κ3) is 5.22. The van der Waals surface area contributed by atoms with Crippen LogP contribution in [0.3, 0.4) is 0 Å². The van der Waals surface area contributed by atoms with Crippen LogP contribution in [0, 0.1) is 11.8 Å². The zero-order valence-corrected chi connectivity index (χ0v) is 12.8. The Kier molecular flexibility index (Phi) is 6.40. The number of likely N-dealkylation sites (tertiary alicyclic amines) is 1. The van der Waals surface area contributed by atoms with Gasteiger partial charge in [-0.15, -0.1) is 12.4 Å². The van der Waals surface area contributed by atoms with E-state index in [-0.39, 0.29) is 12.4 Å². The molecule has 3 nitrogen and oxygen atoms in total. The smallest absolute Gasteiger partial charge is 0.0702 e. The molecular formula is C15H29ClN2O. The van der Waals surface area contributed by atoms with E-state index in [1.54, 1.807) is 0 Å². The van der Waals surface area contributed by atoms with Gasteiger partial charge in [-0.1, -0.05) is 0 Å². The van der Waals surface area contributed by atoms with Crippen molar-refractivity contribution in [2.24, 2.45) is 11.8 Å². The van der Waals surface area contributed by atoms with Crippen LogP contribution >= 0.6 is 12.4 Å². The average Bonchev–Trinajstić information content (AvgIpc) is 3.22. The van der Waals surface area contributed by atoms with Crippen molar-refractivity contribution in [2.75, 3.05) is 39.3 Å². The lowest BCUT2D eigenvalue weighted by Crippen LogP contribution is -2.45. The Balaban J connectivity index is 0.00000133. The van der Waals surface area contributed by atoms with Crippen molar-refractivity contribution in [3.05, 3.63) is 0 Å². The third-order valence-corrected chi connectivity index (χ3v) is 4.64. The van der Waals surface area contributed by atoms with Gasteiger partial charge in [-0.3, -0.25) is 0 Å². The second kappa shape index (κ2) is 7.82. The van der Waals surface area contributed by atoms with E-state index in [1.807, 2.05) is 0 Å². The minimum atomic E-state index is 0. The Labute approximate surface area is 123 Å². The van der Waals surface area contributed by atoms with Gasteiger partial charge in [0.2, 0.25) is 0 Å². The van der Waals surface area contributed by atoms with Crippen LogP contribution in [0.25, 0.3) is 0 Å². The molecular weight excluding hydrogens is 260 g/mol. The van der Waals surface area contributed by atoms with Crippen molar-refractivity contribution in [3.63, 3.8) is 0 Å². The monoisotopic (exact) mass is 288 g/mol. The predicted octanol–water partition coefficient (Wildman–Crippen LogP) is 2.30. The molecule has 1 aliphatic carbocycles. The molecule has 2 saturated heterocycles. The second-order valence-electron chi connectivity index (χ2n) is 6.51. The minimum Gasteiger partial charge on any atom is -0.377 e. The Bertz CT molecular complexity index is 255. The predicted molar refractivity (Wildman–Crippen MR) is 81.0 cm³/mol. The van der Waals surface area contributed by atoms with Crippen molar-refractivity contribution in [3.8, 4) is 0 Å². The van der Waals surface area contributed by atoms with Crippen LogP contribution < -0.4 is 5.32 Å². The van der Waals surface area contributed by atoms with Crippen LogP contribution in [0.4, 0.5) is 0 Å². The minimum absolute atomic E-state index is 0. The Morgan fingerprint density at radius 2 is 1.95 bits per heavy atom. The number of ether oxygens (including phenoxy) is 1. The van der Waals surface area contributed by atoms with Crippen LogP contribution in [0.15, 0.2) is 0 Å². The molecule has 2 heterocycles. The molecule has 1 N–H and O–H groups in total. The standard InChI is InChI=1S/C15H28N2O.ClH/c1-3-14(9-16-7-1)10-17-8-2-4-15(11-17)18-12-13-5-6-13;/h13-16H,1-12H2;1H. The van der Waals surface area contributed by atoms with E-state index in [4.69, 9.17) is 4.74 Å². The summed E-state index contributed by atoms with van der Waals surface area (Å²) in [7, 11) is 0. The largest absolute Gasteiger partial charge is 0.377 e. The highest BCUT2D eigenvalue weighted by atomic mass is 35.5. The van der Waals surface area contributed by atoms with Crippen LogP contribution in [-0.4, -0.2) is 50.3 Å². The van der Waals surface area contributed by atoms with Gasteiger partial charge in [0.05, 0.1) is 6.10 Å². The highest BCUT2D eigenvalue weighted by Crippen LogP contribution is 2.30. The Morgan fingerprint density at radius 1 is 1.05 bits per heavy atom. The lowest BCUT2D eigenvalue weighted by Gasteiger charge is -2.36. The molecule has 0 amide bonds. The number of piperidine rings is 2. The number of halogens is 1. The lowest BCUT2D eigenvalue weighted by atomic mass is 9.97. The summed E-state index contributed by atoms with van der Waals surface area (Å²) in [6, 6.07) is 0. The molecule has 0 aromatic rings. The van der Waals surface area contributed by atoms with Crippen LogP contribution in [-0.2, 0) is 4.74 Å². The molecule has 3 aliphatic rings. The zero-order chi connectivity index (χ0) is 12.2. The Hall–Kier alpha value is 0.170. The van der Waals surface area contributed by atoms with Gasteiger partial charge in [-0.25, -0.2) is 0 Å². The summed E-state index contributed by atoms with van der Waals surface area (Å²) >= 11 is 0. The second-order valence-corrected chi connectivity index (χ2v) is 6.51. The molecule has 1 saturated carbocycles. The van der Waals surface area contributed by atoms with Crippen LogP contribution in [0.1, 0.15) is 38.5 Å². The normalized spacial score (nSPS) is 32.8. The van der Waals surface area contributed by atoms with Crippen LogP contribution in [0.2, 0.25) is 0 Å². The molecule has 3 fully saturated rings. The highest BCUT2D eigenvalue weighted by molar-refractivity contribution is 5.85. The third-order valence-electron chi connectivity index (χ3n) is 4.64. The number of nitrogens with zero attached hydrogens (tertiary/aromatic N) is 1. The topological polar surface area (TPSA) is 24.5 Å². The first kappa shape index (κ1) is 15.6.